The van der Waals surface area contributed by atoms with Gasteiger partial charge in [-0.2, -0.15) is 0 Å². The summed E-state index contributed by atoms with van der Waals surface area (Å²) >= 11 is 0. The predicted octanol–water partition coefficient (Wildman–Crippen LogP) is -0.432. The highest BCUT2D eigenvalue weighted by Gasteiger charge is 2.39. The third-order valence-corrected chi connectivity index (χ3v) is 2.80. The van der Waals surface area contributed by atoms with Crippen LogP contribution in [0.3, 0.4) is 0 Å². The van der Waals surface area contributed by atoms with Crippen molar-refractivity contribution in [1.29, 1.82) is 0 Å². The SMILES string of the molecule is NC1(N)CCCCCCC1(N)N. The molecule has 0 bridgehead atoms. The molecule has 4 heteroatoms. The summed E-state index contributed by atoms with van der Waals surface area (Å²) in [5.74, 6) is 0. The van der Waals surface area contributed by atoms with Gasteiger partial charge in [-0.3, -0.25) is 0 Å². The first kappa shape index (κ1) is 9.92. The Morgan fingerprint density at radius 2 is 0.917 bits per heavy atom. The zero-order valence-corrected chi connectivity index (χ0v) is 7.55. The Labute approximate surface area is 73.6 Å². The van der Waals surface area contributed by atoms with Gasteiger partial charge in [0.2, 0.25) is 0 Å². The summed E-state index contributed by atoms with van der Waals surface area (Å²) in [4.78, 5) is 0. The lowest BCUT2D eigenvalue weighted by Crippen LogP contribution is -2.76. The van der Waals surface area contributed by atoms with Crippen LogP contribution in [0, 0.1) is 0 Å². The normalized spacial score (nSPS) is 29.0. The van der Waals surface area contributed by atoms with Crippen molar-refractivity contribution in [3.8, 4) is 0 Å². The molecule has 1 aliphatic rings. The molecule has 72 valence electrons. The molecule has 0 radical (unpaired) electrons. The quantitative estimate of drug-likeness (QED) is 0.372. The summed E-state index contributed by atoms with van der Waals surface area (Å²) in [5, 5.41) is 0. The Bertz CT molecular complexity index is 135. The number of nitrogens with two attached hydrogens (primary N) is 4. The van der Waals surface area contributed by atoms with Crippen molar-refractivity contribution in [3.05, 3.63) is 0 Å². The van der Waals surface area contributed by atoms with E-state index in [9.17, 15) is 0 Å². The molecular formula is C8H20N4. The van der Waals surface area contributed by atoms with E-state index >= 15 is 0 Å². The average molecular weight is 172 g/mol. The van der Waals surface area contributed by atoms with Crippen molar-refractivity contribution in [2.45, 2.75) is 49.9 Å². The van der Waals surface area contributed by atoms with E-state index in [-0.39, 0.29) is 0 Å². The van der Waals surface area contributed by atoms with Crippen LogP contribution < -0.4 is 22.9 Å². The molecule has 12 heavy (non-hydrogen) atoms. The first-order valence-electron chi connectivity index (χ1n) is 4.61. The van der Waals surface area contributed by atoms with Crippen molar-refractivity contribution in [2.75, 3.05) is 0 Å². The van der Waals surface area contributed by atoms with E-state index < -0.39 is 11.3 Å². The zero-order valence-electron chi connectivity index (χ0n) is 7.55. The summed E-state index contributed by atoms with van der Waals surface area (Å²) in [5.41, 5.74) is 21.6. The summed E-state index contributed by atoms with van der Waals surface area (Å²) in [6, 6.07) is 0. The topological polar surface area (TPSA) is 104 Å². The highest BCUT2D eigenvalue weighted by molar-refractivity contribution is 4.99. The smallest absolute Gasteiger partial charge is 0.0955 e. The minimum absolute atomic E-state index is 0.722. The van der Waals surface area contributed by atoms with Crippen LogP contribution in [-0.4, -0.2) is 11.3 Å². The number of hydrogen-bond donors (Lipinski definition) is 4. The van der Waals surface area contributed by atoms with Gasteiger partial charge >= 0.3 is 0 Å². The van der Waals surface area contributed by atoms with E-state index in [4.69, 9.17) is 22.9 Å². The van der Waals surface area contributed by atoms with Crippen LogP contribution >= 0.6 is 0 Å². The highest BCUT2D eigenvalue weighted by Crippen LogP contribution is 2.24. The van der Waals surface area contributed by atoms with Crippen LogP contribution in [0.15, 0.2) is 0 Å². The summed E-state index contributed by atoms with van der Waals surface area (Å²) < 4.78 is 0. The molecule has 0 saturated heterocycles. The Kier molecular flexibility index (Phi) is 2.73. The van der Waals surface area contributed by atoms with E-state index in [0.717, 1.165) is 25.7 Å². The Morgan fingerprint density at radius 1 is 0.583 bits per heavy atom. The Morgan fingerprint density at radius 3 is 1.25 bits per heavy atom. The lowest BCUT2D eigenvalue weighted by atomic mass is 9.83. The molecule has 4 nitrogen and oxygen atoms in total. The van der Waals surface area contributed by atoms with E-state index in [2.05, 4.69) is 0 Å². The lowest BCUT2D eigenvalue weighted by molar-refractivity contribution is 0.180. The molecule has 0 amide bonds. The zero-order chi connectivity index (χ0) is 9.24. The van der Waals surface area contributed by atoms with Crippen molar-refractivity contribution >= 4 is 0 Å². The van der Waals surface area contributed by atoms with Crippen molar-refractivity contribution in [1.82, 2.24) is 0 Å². The van der Waals surface area contributed by atoms with Crippen LogP contribution in [-0.2, 0) is 0 Å². The first-order chi connectivity index (χ1) is 5.46. The average Bonchev–Trinajstić information content (AvgIpc) is 1.94. The van der Waals surface area contributed by atoms with E-state index in [1.54, 1.807) is 0 Å². The van der Waals surface area contributed by atoms with E-state index in [0.29, 0.717) is 0 Å². The molecule has 0 aliphatic heterocycles. The van der Waals surface area contributed by atoms with Gasteiger partial charge in [-0.25, -0.2) is 0 Å². The molecule has 1 saturated carbocycles. The van der Waals surface area contributed by atoms with E-state index in [1.807, 2.05) is 0 Å². The van der Waals surface area contributed by atoms with Crippen molar-refractivity contribution in [2.24, 2.45) is 22.9 Å². The standard InChI is InChI=1S/C8H20N4/c9-7(10)5-3-1-2-4-6-8(7,11)12/h1-6,9-12H2. The maximum Gasteiger partial charge on any atom is 0.0955 e. The van der Waals surface area contributed by atoms with Gasteiger partial charge in [0.05, 0.1) is 11.3 Å². The lowest BCUT2D eigenvalue weighted by Gasteiger charge is -2.41. The second-order valence-corrected chi connectivity index (χ2v) is 3.99. The first-order valence-corrected chi connectivity index (χ1v) is 4.61. The third kappa shape index (κ3) is 1.95. The molecule has 0 aromatic rings. The maximum atomic E-state index is 5.85. The monoisotopic (exact) mass is 172 g/mol. The molecule has 0 atom stereocenters. The van der Waals surface area contributed by atoms with Crippen molar-refractivity contribution < 1.29 is 0 Å². The molecule has 1 rings (SSSR count). The van der Waals surface area contributed by atoms with Gasteiger partial charge in [-0.15, -0.1) is 0 Å². The Balaban J connectivity index is 2.66. The van der Waals surface area contributed by atoms with Gasteiger partial charge in [-0.1, -0.05) is 25.7 Å². The van der Waals surface area contributed by atoms with Gasteiger partial charge in [0, 0.05) is 0 Å². The van der Waals surface area contributed by atoms with Gasteiger partial charge in [0.25, 0.3) is 0 Å². The van der Waals surface area contributed by atoms with Crippen LogP contribution in [0.25, 0.3) is 0 Å². The predicted molar refractivity (Wildman–Crippen MR) is 49.9 cm³/mol. The van der Waals surface area contributed by atoms with Gasteiger partial charge < -0.3 is 22.9 Å². The number of hydrogen-bond acceptors (Lipinski definition) is 4. The van der Waals surface area contributed by atoms with Crippen LogP contribution in [0.1, 0.15) is 38.5 Å². The minimum Gasteiger partial charge on any atom is -0.311 e. The van der Waals surface area contributed by atoms with Crippen LogP contribution in [0.4, 0.5) is 0 Å². The molecule has 1 aliphatic carbocycles. The van der Waals surface area contributed by atoms with Crippen LogP contribution in [0.5, 0.6) is 0 Å². The van der Waals surface area contributed by atoms with Gasteiger partial charge in [0.1, 0.15) is 0 Å². The summed E-state index contributed by atoms with van der Waals surface area (Å²) in [6.45, 7) is 0. The number of rotatable bonds is 0. The molecule has 8 N–H and O–H groups in total. The molecule has 1 fully saturated rings. The maximum absolute atomic E-state index is 5.85. The molecule has 0 spiro atoms. The largest absolute Gasteiger partial charge is 0.311 e. The van der Waals surface area contributed by atoms with Crippen LogP contribution in [0.2, 0.25) is 0 Å². The fourth-order valence-corrected chi connectivity index (χ4v) is 1.65. The molecule has 0 aromatic carbocycles. The second kappa shape index (κ2) is 3.30. The van der Waals surface area contributed by atoms with Crippen molar-refractivity contribution in [3.63, 3.8) is 0 Å². The third-order valence-electron chi connectivity index (χ3n) is 2.80. The second-order valence-electron chi connectivity index (χ2n) is 3.99. The molecule has 0 aromatic heterocycles. The van der Waals surface area contributed by atoms with E-state index in [1.165, 1.54) is 12.8 Å². The fraction of sp³-hybridized carbons (Fsp3) is 1.00. The minimum atomic E-state index is -0.895. The van der Waals surface area contributed by atoms with Gasteiger partial charge in [0.15, 0.2) is 0 Å². The molecule has 0 heterocycles. The van der Waals surface area contributed by atoms with Gasteiger partial charge in [-0.05, 0) is 12.8 Å². The molecule has 0 unspecified atom stereocenters. The Hall–Kier alpha value is -0.160. The fourth-order valence-electron chi connectivity index (χ4n) is 1.65. The summed E-state index contributed by atoms with van der Waals surface area (Å²) in [6.07, 6.45) is 5.88. The summed E-state index contributed by atoms with van der Waals surface area (Å²) in [7, 11) is 0. The molecular weight excluding hydrogens is 152 g/mol. The highest BCUT2D eigenvalue weighted by atomic mass is 15.1.